The van der Waals surface area contributed by atoms with E-state index in [1.54, 1.807) is 9.80 Å². The number of aromatic nitrogens is 2. The third-order valence-electron chi connectivity index (χ3n) is 5.10. The standard InChI is InChI=1S/C20H22FN5O3S/c1-12-10-25(18-14(21)8-13(9-22-18)16(28)11-27)6-7-26(12)20(29)24-19-23-15-4-2-3-5-17(15)30-19/h2-5,8-9,12,16,27-28H,6-7,10-11H2,1H3,(H,23,24,29)/t12?,16-/m1/s1. The highest BCUT2D eigenvalue weighted by molar-refractivity contribution is 7.22. The Hall–Kier alpha value is -2.82. The number of nitrogens with zero attached hydrogens (tertiary/aromatic N) is 4. The Kier molecular flexibility index (Phi) is 5.80. The number of urea groups is 1. The smallest absolute Gasteiger partial charge is 0.324 e. The summed E-state index contributed by atoms with van der Waals surface area (Å²) in [4.78, 5) is 24.8. The molecule has 2 aromatic heterocycles. The lowest BCUT2D eigenvalue weighted by molar-refractivity contribution is 0.0951. The number of rotatable bonds is 4. The number of benzene rings is 1. The van der Waals surface area contributed by atoms with Crippen molar-refractivity contribution in [1.29, 1.82) is 0 Å². The third-order valence-corrected chi connectivity index (χ3v) is 6.05. The first-order valence-electron chi connectivity index (χ1n) is 9.58. The lowest BCUT2D eigenvalue weighted by Crippen LogP contribution is -2.55. The molecule has 2 atom stereocenters. The summed E-state index contributed by atoms with van der Waals surface area (Å²) >= 11 is 1.42. The summed E-state index contributed by atoms with van der Waals surface area (Å²) in [6.07, 6.45) is 0.193. The normalized spacial score (nSPS) is 17.9. The van der Waals surface area contributed by atoms with E-state index < -0.39 is 18.5 Å². The van der Waals surface area contributed by atoms with Gasteiger partial charge in [-0.3, -0.25) is 5.32 Å². The number of piperazine rings is 1. The minimum atomic E-state index is -1.16. The van der Waals surface area contributed by atoms with E-state index in [1.807, 2.05) is 31.2 Å². The first-order chi connectivity index (χ1) is 14.5. The van der Waals surface area contributed by atoms with Crippen molar-refractivity contribution < 1.29 is 19.4 Å². The SMILES string of the molecule is CC1CN(c2ncc([C@H](O)CO)cc2F)CCN1C(=O)Nc1nc2ccccc2s1. The van der Waals surface area contributed by atoms with E-state index in [1.165, 1.54) is 23.6 Å². The second-order valence-corrected chi connectivity index (χ2v) is 8.21. The van der Waals surface area contributed by atoms with Gasteiger partial charge in [0.1, 0.15) is 6.10 Å². The molecule has 0 aliphatic carbocycles. The number of para-hydroxylation sites is 1. The molecule has 158 valence electrons. The lowest BCUT2D eigenvalue weighted by Gasteiger charge is -2.40. The summed E-state index contributed by atoms with van der Waals surface area (Å²) in [5, 5.41) is 22.0. The van der Waals surface area contributed by atoms with Gasteiger partial charge >= 0.3 is 6.03 Å². The van der Waals surface area contributed by atoms with Gasteiger partial charge in [-0.25, -0.2) is 19.2 Å². The van der Waals surface area contributed by atoms with Crippen molar-refractivity contribution in [1.82, 2.24) is 14.9 Å². The number of amides is 2. The number of pyridine rings is 1. The summed E-state index contributed by atoms with van der Waals surface area (Å²) in [5.74, 6) is -0.401. The number of carbonyl (C=O) groups excluding carboxylic acids is 1. The molecule has 4 rings (SSSR count). The summed E-state index contributed by atoms with van der Waals surface area (Å²) in [6, 6.07) is 8.45. The van der Waals surface area contributed by atoms with Gasteiger partial charge in [-0.2, -0.15) is 0 Å². The second kappa shape index (κ2) is 8.50. The Morgan fingerprint density at radius 2 is 2.20 bits per heavy atom. The maximum atomic E-state index is 14.5. The van der Waals surface area contributed by atoms with E-state index in [9.17, 15) is 14.3 Å². The van der Waals surface area contributed by atoms with Crippen LogP contribution in [0.4, 0.5) is 20.1 Å². The molecule has 0 bridgehead atoms. The molecule has 1 fully saturated rings. The fourth-order valence-electron chi connectivity index (χ4n) is 3.51. The van der Waals surface area contributed by atoms with Gasteiger partial charge in [0.25, 0.3) is 0 Å². The van der Waals surface area contributed by atoms with Crippen LogP contribution in [0.5, 0.6) is 0 Å². The van der Waals surface area contributed by atoms with Gasteiger partial charge in [0, 0.05) is 37.4 Å². The van der Waals surface area contributed by atoms with Crippen LogP contribution in [0, 0.1) is 5.82 Å². The fraction of sp³-hybridized carbons (Fsp3) is 0.350. The van der Waals surface area contributed by atoms with E-state index in [0.717, 1.165) is 10.2 Å². The summed E-state index contributed by atoms with van der Waals surface area (Å²) < 4.78 is 15.5. The topological polar surface area (TPSA) is 102 Å². The molecule has 30 heavy (non-hydrogen) atoms. The molecule has 1 unspecified atom stereocenters. The van der Waals surface area contributed by atoms with Crippen molar-refractivity contribution in [3.05, 3.63) is 47.9 Å². The second-order valence-electron chi connectivity index (χ2n) is 7.18. The van der Waals surface area contributed by atoms with Crippen molar-refractivity contribution in [3.63, 3.8) is 0 Å². The van der Waals surface area contributed by atoms with Crippen LogP contribution >= 0.6 is 11.3 Å². The molecule has 1 aliphatic heterocycles. The van der Waals surface area contributed by atoms with Crippen LogP contribution in [0.2, 0.25) is 0 Å². The highest BCUT2D eigenvalue weighted by Crippen LogP contribution is 2.27. The lowest BCUT2D eigenvalue weighted by atomic mass is 10.1. The Morgan fingerprint density at radius 3 is 2.90 bits per heavy atom. The summed E-state index contributed by atoms with van der Waals surface area (Å²) in [5.41, 5.74) is 1.06. The van der Waals surface area contributed by atoms with E-state index in [-0.39, 0.29) is 23.5 Å². The van der Waals surface area contributed by atoms with E-state index >= 15 is 0 Å². The van der Waals surface area contributed by atoms with E-state index in [2.05, 4.69) is 15.3 Å². The molecule has 10 heteroatoms. The highest BCUT2D eigenvalue weighted by Gasteiger charge is 2.30. The molecule has 0 spiro atoms. The number of hydrogen-bond acceptors (Lipinski definition) is 7. The van der Waals surface area contributed by atoms with Gasteiger partial charge in [0.15, 0.2) is 16.8 Å². The van der Waals surface area contributed by atoms with Gasteiger partial charge in [-0.05, 0) is 25.1 Å². The number of carbonyl (C=O) groups is 1. The Balaban J connectivity index is 1.42. The van der Waals surface area contributed by atoms with Crippen molar-refractivity contribution in [2.75, 3.05) is 36.5 Å². The number of hydrogen-bond donors (Lipinski definition) is 3. The number of nitrogens with one attached hydrogen (secondary N) is 1. The largest absolute Gasteiger partial charge is 0.393 e. The van der Waals surface area contributed by atoms with Crippen molar-refractivity contribution >= 4 is 38.5 Å². The van der Waals surface area contributed by atoms with E-state index in [4.69, 9.17) is 5.11 Å². The molecule has 1 saturated heterocycles. The van der Waals surface area contributed by atoms with Crippen molar-refractivity contribution in [3.8, 4) is 0 Å². The Labute approximate surface area is 176 Å². The first-order valence-corrected chi connectivity index (χ1v) is 10.4. The van der Waals surface area contributed by atoms with E-state index in [0.29, 0.717) is 24.8 Å². The Bertz CT molecular complexity index is 1030. The molecular weight excluding hydrogens is 409 g/mol. The number of halogens is 1. The van der Waals surface area contributed by atoms with Crippen LogP contribution in [-0.4, -0.2) is 63.4 Å². The minimum absolute atomic E-state index is 0.168. The van der Waals surface area contributed by atoms with Gasteiger partial charge in [-0.1, -0.05) is 23.5 Å². The van der Waals surface area contributed by atoms with Crippen LogP contribution in [0.1, 0.15) is 18.6 Å². The van der Waals surface area contributed by atoms with Crippen LogP contribution in [0.15, 0.2) is 36.5 Å². The molecule has 0 saturated carbocycles. The number of aliphatic hydroxyl groups is 2. The molecule has 8 nitrogen and oxygen atoms in total. The van der Waals surface area contributed by atoms with Crippen LogP contribution in [0.25, 0.3) is 10.2 Å². The predicted octanol–water partition coefficient (Wildman–Crippen LogP) is 2.60. The molecule has 1 aliphatic rings. The number of thiazole rings is 1. The van der Waals surface area contributed by atoms with Gasteiger partial charge in [0.05, 0.1) is 16.8 Å². The zero-order valence-electron chi connectivity index (χ0n) is 16.3. The maximum absolute atomic E-state index is 14.5. The van der Waals surface area contributed by atoms with Crippen molar-refractivity contribution in [2.45, 2.75) is 19.1 Å². The van der Waals surface area contributed by atoms with Crippen LogP contribution in [0.3, 0.4) is 0 Å². The molecule has 2 amide bonds. The molecule has 3 aromatic rings. The summed E-state index contributed by atoms with van der Waals surface area (Å²) in [7, 11) is 0. The Morgan fingerprint density at radius 1 is 1.40 bits per heavy atom. The number of anilines is 2. The molecule has 3 heterocycles. The van der Waals surface area contributed by atoms with Gasteiger partial charge in [0.2, 0.25) is 0 Å². The monoisotopic (exact) mass is 431 g/mol. The minimum Gasteiger partial charge on any atom is -0.393 e. The number of fused-ring (bicyclic) bond motifs is 1. The predicted molar refractivity (Wildman–Crippen MR) is 113 cm³/mol. The fourth-order valence-corrected chi connectivity index (χ4v) is 4.36. The molecule has 0 radical (unpaired) electrons. The summed E-state index contributed by atoms with van der Waals surface area (Å²) in [6.45, 7) is 2.63. The van der Waals surface area contributed by atoms with Gasteiger partial charge < -0.3 is 20.0 Å². The van der Waals surface area contributed by atoms with Crippen LogP contribution in [-0.2, 0) is 0 Å². The first kappa shape index (κ1) is 20.5. The van der Waals surface area contributed by atoms with Crippen LogP contribution < -0.4 is 10.2 Å². The quantitative estimate of drug-likeness (QED) is 0.587. The third kappa shape index (κ3) is 4.07. The molecular formula is C20H22FN5O3S. The number of aliphatic hydroxyl groups excluding tert-OH is 2. The van der Waals surface area contributed by atoms with Crippen molar-refractivity contribution in [2.24, 2.45) is 0 Å². The highest BCUT2D eigenvalue weighted by atomic mass is 32.1. The van der Waals surface area contributed by atoms with Gasteiger partial charge in [-0.15, -0.1) is 0 Å². The average molecular weight is 431 g/mol. The molecule has 3 N–H and O–H groups in total. The zero-order chi connectivity index (χ0) is 21.3. The maximum Gasteiger partial charge on any atom is 0.324 e. The zero-order valence-corrected chi connectivity index (χ0v) is 17.1. The molecule has 1 aromatic carbocycles. The average Bonchev–Trinajstić information content (AvgIpc) is 3.15.